The Morgan fingerprint density at radius 2 is 2.23 bits per heavy atom. The van der Waals surface area contributed by atoms with E-state index < -0.39 is 6.09 Å². The van der Waals surface area contributed by atoms with Crippen LogP contribution in [0.1, 0.15) is 12.8 Å². The van der Waals surface area contributed by atoms with E-state index in [0.717, 1.165) is 40.8 Å². The predicted molar refractivity (Wildman–Crippen MR) is 94.5 cm³/mol. The first-order valence-corrected chi connectivity index (χ1v) is 8.39. The summed E-state index contributed by atoms with van der Waals surface area (Å²) in [5, 5.41) is 12.8. The maximum atomic E-state index is 11.6. The second kappa shape index (κ2) is 6.84. The minimum absolute atomic E-state index is 0.0503. The van der Waals surface area contributed by atoms with Crippen LogP contribution in [-0.2, 0) is 4.74 Å². The van der Waals surface area contributed by atoms with E-state index >= 15 is 0 Å². The lowest BCUT2D eigenvalue weighted by atomic mass is 10.1. The lowest BCUT2D eigenvalue weighted by Gasteiger charge is -2.32. The first-order valence-electron chi connectivity index (χ1n) is 8.39. The molecule has 4 heterocycles. The Bertz CT molecular complexity index is 986. The van der Waals surface area contributed by atoms with Crippen LogP contribution in [0.4, 0.5) is 10.6 Å². The van der Waals surface area contributed by atoms with Crippen molar-refractivity contribution in [3.05, 3.63) is 24.8 Å². The van der Waals surface area contributed by atoms with Gasteiger partial charge in [-0.15, -0.1) is 0 Å². The summed E-state index contributed by atoms with van der Waals surface area (Å²) in [6.45, 7) is 1.39. The van der Waals surface area contributed by atoms with E-state index in [9.17, 15) is 4.79 Å². The standard InChI is InChI=1S/C17H17N7O2/c18-4-6-20-17(25)26-11-2-7-24(8-3-11)16-14-12-1-5-19-15(12)21-9-13(14)22-10-23-16/h1,5,9-11H,2-3,6-8H2,(H,19,21)(H,20,25). The van der Waals surface area contributed by atoms with Crippen molar-refractivity contribution in [2.45, 2.75) is 18.9 Å². The lowest BCUT2D eigenvalue weighted by Crippen LogP contribution is -2.40. The van der Waals surface area contributed by atoms with Gasteiger partial charge in [0.2, 0.25) is 0 Å². The maximum Gasteiger partial charge on any atom is 0.408 e. The van der Waals surface area contributed by atoms with Crippen LogP contribution in [0.2, 0.25) is 0 Å². The number of alkyl carbamates (subject to hydrolysis) is 1. The fourth-order valence-electron chi connectivity index (χ4n) is 3.27. The molecule has 9 nitrogen and oxygen atoms in total. The number of hydrogen-bond acceptors (Lipinski definition) is 7. The van der Waals surface area contributed by atoms with Gasteiger partial charge < -0.3 is 19.9 Å². The number of aromatic nitrogens is 4. The number of piperidine rings is 1. The van der Waals surface area contributed by atoms with E-state index in [4.69, 9.17) is 10.00 Å². The van der Waals surface area contributed by atoms with Crippen LogP contribution in [0.15, 0.2) is 24.8 Å². The van der Waals surface area contributed by atoms with E-state index in [1.54, 1.807) is 12.5 Å². The summed E-state index contributed by atoms with van der Waals surface area (Å²) in [6.07, 6.45) is 5.85. The van der Waals surface area contributed by atoms with E-state index in [1.807, 2.05) is 18.3 Å². The number of anilines is 1. The zero-order valence-corrected chi connectivity index (χ0v) is 14.0. The average molecular weight is 351 g/mol. The van der Waals surface area contributed by atoms with Crippen molar-refractivity contribution in [3.8, 4) is 6.07 Å². The zero-order valence-electron chi connectivity index (χ0n) is 14.0. The van der Waals surface area contributed by atoms with Crippen molar-refractivity contribution in [1.29, 1.82) is 5.26 Å². The van der Waals surface area contributed by atoms with Crippen LogP contribution in [-0.4, -0.2) is 51.8 Å². The normalized spacial score (nSPS) is 15.1. The highest BCUT2D eigenvalue weighted by molar-refractivity contribution is 6.08. The number of amides is 1. The van der Waals surface area contributed by atoms with Crippen molar-refractivity contribution in [2.24, 2.45) is 0 Å². The second-order valence-electron chi connectivity index (χ2n) is 6.06. The summed E-state index contributed by atoms with van der Waals surface area (Å²) in [7, 11) is 0. The van der Waals surface area contributed by atoms with Gasteiger partial charge in [0.1, 0.15) is 30.4 Å². The smallest absolute Gasteiger partial charge is 0.408 e. The highest BCUT2D eigenvalue weighted by Crippen LogP contribution is 2.31. The molecule has 1 aliphatic heterocycles. The van der Waals surface area contributed by atoms with Crippen LogP contribution in [0.3, 0.4) is 0 Å². The highest BCUT2D eigenvalue weighted by Gasteiger charge is 2.25. The van der Waals surface area contributed by atoms with Gasteiger partial charge in [0, 0.05) is 37.5 Å². The van der Waals surface area contributed by atoms with Crippen LogP contribution < -0.4 is 10.2 Å². The molecule has 1 saturated heterocycles. The van der Waals surface area contributed by atoms with Crippen molar-refractivity contribution < 1.29 is 9.53 Å². The number of nitrogens with one attached hydrogen (secondary N) is 2. The van der Waals surface area contributed by atoms with Crippen LogP contribution in [0, 0.1) is 11.3 Å². The number of carbonyl (C=O) groups is 1. The van der Waals surface area contributed by atoms with Crippen molar-refractivity contribution in [1.82, 2.24) is 25.3 Å². The molecule has 1 aliphatic rings. The van der Waals surface area contributed by atoms with Crippen molar-refractivity contribution in [3.63, 3.8) is 0 Å². The third kappa shape index (κ3) is 2.97. The van der Waals surface area contributed by atoms with Gasteiger partial charge in [0.05, 0.1) is 23.2 Å². The van der Waals surface area contributed by atoms with Gasteiger partial charge in [-0.1, -0.05) is 0 Å². The van der Waals surface area contributed by atoms with E-state index in [1.165, 1.54) is 0 Å². The Kier molecular flexibility index (Phi) is 4.23. The molecular formula is C17H17N7O2. The van der Waals surface area contributed by atoms with Gasteiger partial charge in [-0.2, -0.15) is 5.26 Å². The molecule has 4 rings (SSSR count). The second-order valence-corrected chi connectivity index (χ2v) is 6.06. The highest BCUT2D eigenvalue weighted by atomic mass is 16.6. The Labute approximate surface area is 149 Å². The third-order valence-corrected chi connectivity index (χ3v) is 4.49. The fraction of sp³-hybridized carbons (Fsp3) is 0.353. The van der Waals surface area contributed by atoms with Crippen LogP contribution >= 0.6 is 0 Å². The number of fused-ring (bicyclic) bond motifs is 3. The number of pyridine rings is 1. The zero-order chi connectivity index (χ0) is 17.9. The molecule has 0 aliphatic carbocycles. The number of nitriles is 1. The van der Waals surface area contributed by atoms with Gasteiger partial charge in [-0.05, 0) is 6.07 Å². The summed E-state index contributed by atoms with van der Waals surface area (Å²) >= 11 is 0. The molecule has 3 aromatic heterocycles. The number of carbonyl (C=O) groups excluding carboxylic acids is 1. The quantitative estimate of drug-likeness (QED) is 0.689. The van der Waals surface area contributed by atoms with Crippen molar-refractivity contribution >= 4 is 33.8 Å². The van der Waals surface area contributed by atoms with Crippen LogP contribution in [0.25, 0.3) is 21.9 Å². The molecule has 1 amide bonds. The molecule has 0 unspecified atom stereocenters. The van der Waals surface area contributed by atoms with Crippen molar-refractivity contribution in [2.75, 3.05) is 24.5 Å². The summed E-state index contributed by atoms with van der Waals surface area (Å²) in [5.41, 5.74) is 1.61. The molecule has 0 aromatic carbocycles. The van der Waals surface area contributed by atoms with Gasteiger partial charge in [-0.3, -0.25) is 0 Å². The van der Waals surface area contributed by atoms with Gasteiger partial charge in [-0.25, -0.2) is 19.7 Å². The average Bonchev–Trinajstić information content (AvgIpc) is 3.15. The third-order valence-electron chi connectivity index (χ3n) is 4.49. The Morgan fingerprint density at radius 1 is 1.38 bits per heavy atom. The Morgan fingerprint density at radius 3 is 3.04 bits per heavy atom. The molecule has 0 radical (unpaired) electrons. The lowest BCUT2D eigenvalue weighted by molar-refractivity contribution is 0.0841. The van der Waals surface area contributed by atoms with Crippen LogP contribution in [0.5, 0.6) is 0 Å². The number of ether oxygens (including phenoxy) is 1. The first-order chi connectivity index (χ1) is 12.8. The first kappa shape index (κ1) is 16.1. The molecular weight excluding hydrogens is 334 g/mol. The summed E-state index contributed by atoms with van der Waals surface area (Å²) in [4.78, 5) is 30.1. The summed E-state index contributed by atoms with van der Waals surface area (Å²) in [6, 6.07) is 3.83. The SMILES string of the molecule is N#CCNC(=O)OC1CCN(c2ncnc3cnc4[nH]ccc4c23)CC1. The minimum Gasteiger partial charge on any atom is -0.446 e. The van der Waals surface area contributed by atoms with E-state index in [0.29, 0.717) is 12.8 Å². The molecule has 132 valence electrons. The summed E-state index contributed by atoms with van der Waals surface area (Å²) < 4.78 is 5.35. The molecule has 0 bridgehead atoms. The largest absolute Gasteiger partial charge is 0.446 e. The number of H-pyrrole nitrogens is 1. The maximum absolute atomic E-state index is 11.6. The molecule has 9 heteroatoms. The number of aromatic amines is 1. The van der Waals surface area contributed by atoms with Gasteiger partial charge in [0.15, 0.2) is 0 Å². The number of hydrogen-bond donors (Lipinski definition) is 2. The molecule has 1 fully saturated rings. The molecule has 0 saturated carbocycles. The Hall–Kier alpha value is -3.41. The fourth-order valence-corrected chi connectivity index (χ4v) is 3.27. The molecule has 2 N–H and O–H groups in total. The van der Waals surface area contributed by atoms with Gasteiger partial charge in [0.25, 0.3) is 0 Å². The topological polar surface area (TPSA) is 120 Å². The molecule has 26 heavy (non-hydrogen) atoms. The molecule has 0 spiro atoms. The predicted octanol–water partition coefficient (Wildman–Crippen LogP) is 1.72. The Balaban J connectivity index is 1.52. The number of nitrogens with zero attached hydrogens (tertiary/aromatic N) is 5. The minimum atomic E-state index is -0.544. The molecule has 0 atom stereocenters. The van der Waals surface area contributed by atoms with E-state index in [-0.39, 0.29) is 12.6 Å². The van der Waals surface area contributed by atoms with Gasteiger partial charge >= 0.3 is 6.09 Å². The van der Waals surface area contributed by atoms with E-state index in [2.05, 4.69) is 30.2 Å². The summed E-state index contributed by atoms with van der Waals surface area (Å²) in [5.74, 6) is 0.870. The monoisotopic (exact) mass is 351 g/mol. The number of rotatable bonds is 3. The molecule has 3 aromatic rings.